The van der Waals surface area contributed by atoms with Gasteiger partial charge in [-0.15, -0.1) is 12.4 Å². The number of carboxylic acids is 1. The molecule has 0 aliphatic rings. The van der Waals surface area contributed by atoms with Gasteiger partial charge in [0.25, 0.3) is 0 Å². The van der Waals surface area contributed by atoms with Crippen LogP contribution in [-0.4, -0.2) is 16.1 Å². The van der Waals surface area contributed by atoms with Crippen molar-refractivity contribution in [1.29, 1.82) is 0 Å². The Balaban J connectivity index is 0. The number of aromatic carboxylic acids is 1. The van der Waals surface area contributed by atoms with Gasteiger partial charge in [-0.05, 0) is 12.1 Å². The van der Waals surface area contributed by atoms with Gasteiger partial charge in [0.15, 0.2) is 0 Å². The number of carboxylic acid groups (broad SMARTS) is 1. The van der Waals surface area contributed by atoms with E-state index in [9.17, 15) is 4.79 Å². The number of carbonyl (C=O) groups is 1. The third-order valence-corrected chi connectivity index (χ3v) is 0.884. The highest BCUT2D eigenvalue weighted by molar-refractivity contribution is 5.85. The highest BCUT2D eigenvalue weighted by Gasteiger charge is 1.98. The second-order valence-electron chi connectivity index (χ2n) is 1.52. The minimum absolute atomic E-state index is 0. The molecule has 0 saturated carbocycles. The molecule has 0 amide bonds. The van der Waals surface area contributed by atoms with E-state index in [1.807, 2.05) is 0 Å². The molecule has 5 heteroatoms. The Morgan fingerprint density at radius 2 is 2.09 bits per heavy atom. The van der Waals surface area contributed by atoms with Crippen LogP contribution in [0.5, 0.6) is 0 Å². The first-order valence-electron chi connectivity index (χ1n) is 2.45. The first-order valence-corrected chi connectivity index (χ1v) is 2.45. The number of aromatic nitrogens is 1. The van der Waals surface area contributed by atoms with Crippen LogP contribution in [0.3, 0.4) is 0 Å². The Labute approximate surface area is 70.3 Å². The number of hydrogen-bond donors (Lipinski definition) is 2. The highest BCUT2D eigenvalue weighted by atomic mass is 35.5. The molecule has 1 rings (SSSR count). The number of pyridine rings is 1. The number of rotatable bonds is 1. The van der Waals surface area contributed by atoms with Gasteiger partial charge in [-0.2, -0.15) is 0 Å². The minimum atomic E-state index is -0.990. The summed E-state index contributed by atoms with van der Waals surface area (Å²) in [5.74, 6) is -0.990. The first kappa shape index (κ1) is 12.5. The minimum Gasteiger partial charge on any atom is -0.477 e. The molecule has 0 spiro atoms. The summed E-state index contributed by atoms with van der Waals surface area (Å²) < 4.78 is 0. The molecule has 4 nitrogen and oxygen atoms in total. The molecule has 0 fully saturated rings. The van der Waals surface area contributed by atoms with Crippen molar-refractivity contribution in [2.45, 2.75) is 0 Å². The Morgan fingerprint density at radius 1 is 1.45 bits per heavy atom. The van der Waals surface area contributed by atoms with E-state index < -0.39 is 5.97 Å². The molecule has 11 heavy (non-hydrogen) atoms. The lowest BCUT2D eigenvalue weighted by Crippen LogP contribution is -1.97. The summed E-state index contributed by atoms with van der Waals surface area (Å²) >= 11 is 0. The first-order chi connectivity index (χ1) is 4.30. The fourth-order valence-electron chi connectivity index (χ4n) is 0.489. The van der Waals surface area contributed by atoms with Crippen molar-refractivity contribution in [2.75, 3.05) is 0 Å². The molecule has 0 aromatic carbocycles. The van der Waals surface area contributed by atoms with Crippen LogP contribution >= 0.6 is 12.4 Å². The van der Waals surface area contributed by atoms with E-state index >= 15 is 0 Å². The zero-order valence-electron chi connectivity index (χ0n) is 5.73. The second kappa shape index (κ2) is 5.64. The number of halogens is 1. The number of hydrogen-bond acceptors (Lipinski definition) is 3. The molecule has 0 bridgehead atoms. The molecule has 1 heterocycles. The zero-order chi connectivity index (χ0) is 6.69. The summed E-state index contributed by atoms with van der Waals surface area (Å²) in [7, 11) is 0. The maximum atomic E-state index is 10.1. The molecule has 0 unspecified atom stereocenters. The van der Waals surface area contributed by atoms with Crippen molar-refractivity contribution in [3.8, 4) is 0 Å². The predicted molar refractivity (Wildman–Crippen MR) is 43.5 cm³/mol. The third kappa shape index (κ3) is 3.54. The lowest BCUT2D eigenvalue weighted by Gasteiger charge is -1.87. The molecule has 0 aliphatic carbocycles. The smallest absolute Gasteiger partial charge is 0.354 e. The quantitative estimate of drug-likeness (QED) is 0.677. The lowest BCUT2D eigenvalue weighted by molar-refractivity contribution is 0.0690. The van der Waals surface area contributed by atoms with Gasteiger partial charge in [-0.25, -0.2) is 9.78 Å². The summed E-state index contributed by atoms with van der Waals surface area (Å²) in [6.07, 6.45) is 1.45. The topological polar surface area (TPSA) is 85.2 Å². The van der Waals surface area contributed by atoms with Crippen LogP contribution in [0.25, 0.3) is 0 Å². The van der Waals surface area contributed by atoms with Gasteiger partial charge < -0.3 is 11.3 Å². The number of nitrogens with zero attached hydrogens (tertiary/aromatic N) is 1. The average Bonchev–Trinajstić information content (AvgIpc) is 1.90. The van der Waals surface area contributed by atoms with Gasteiger partial charge >= 0.3 is 5.97 Å². The highest BCUT2D eigenvalue weighted by Crippen LogP contribution is 1.90. The third-order valence-electron chi connectivity index (χ3n) is 0.884. The van der Waals surface area contributed by atoms with E-state index in [2.05, 4.69) is 4.98 Å². The predicted octanol–water partition coefficient (Wildman–Crippen LogP) is 1.36. The Hall–Kier alpha value is -1.13. The van der Waals surface area contributed by atoms with Crippen molar-refractivity contribution in [3.05, 3.63) is 30.1 Å². The molecular formula is C6H9ClN2O2. The van der Waals surface area contributed by atoms with E-state index in [1.165, 1.54) is 12.3 Å². The second-order valence-corrected chi connectivity index (χ2v) is 1.52. The molecule has 4 N–H and O–H groups in total. The van der Waals surface area contributed by atoms with Gasteiger partial charge in [0, 0.05) is 6.20 Å². The average molecular weight is 177 g/mol. The molecule has 0 saturated heterocycles. The van der Waals surface area contributed by atoms with Crippen molar-refractivity contribution in [1.82, 2.24) is 11.1 Å². The Morgan fingerprint density at radius 3 is 2.36 bits per heavy atom. The van der Waals surface area contributed by atoms with Crippen molar-refractivity contribution in [2.24, 2.45) is 0 Å². The van der Waals surface area contributed by atoms with Crippen molar-refractivity contribution in [3.63, 3.8) is 0 Å². The SMILES string of the molecule is Cl.N.O=C(O)c1ccccn1. The van der Waals surface area contributed by atoms with Crippen molar-refractivity contribution < 1.29 is 9.90 Å². The molecule has 1 aromatic heterocycles. The molecule has 62 valence electrons. The molecule has 0 aliphatic heterocycles. The largest absolute Gasteiger partial charge is 0.477 e. The summed E-state index contributed by atoms with van der Waals surface area (Å²) in [4.78, 5) is 13.7. The molecule has 1 aromatic rings. The van der Waals surface area contributed by atoms with Gasteiger partial charge in [0.05, 0.1) is 0 Å². The van der Waals surface area contributed by atoms with Gasteiger partial charge in [-0.1, -0.05) is 6.07 Å². The zero-order valence-corrected chi connectivity index (χ0v) is 6.54. The Kier molecular flexibility index (Phi) is 6.43. The van der Waals surface area contributed by atoms with Crippen LogP contribution in [0.1, 0.15) is 10.5 Å². The van der Waals surface area contributed by atoms with Crippen LogP contribution in [0, 0.1) is 0 Å². The summed E-state index contributed by atoms with van der Waals surface area (Å²) in [5.41, 5.74) is 0.0810. The van der Waals surface area contributed by atoms with Crippen LogP contribution in [0.2, 0.25) is 0 Å². The van der Waals surface area contributed by atoms with E-state index in [0.717, 1.165) is 0 Å². The van der Waals surface area contributed by atoms with E-state index in [4.69, 9.17) is 5.11 Å². The Bertz CT molecular complexity index is 215. The van der Waals surface area contributed by atoms with Gasteiger partial charge in [-0.3, -0.25) is 0 Å². The standard InChI is InChI=1S/C6H5NO2.ClH.H3N/c8-6(9)5-3-1-2-4-7-5;;/h1-4H,(H,8,9);1H;1H3. The summed E-state index contributed by atoms with van der Waals surface area (Å²) in [6.45, 7) is 0. The maximum absolute atomic E-state index is 10.1. The lowest BCUT2D eigenvalue weighted by atomic mass is 10.4. The monoisotopic (exact) mass is 176 g/mol. The van der Waals surface area contributed by atoms with Crippen LogP contribution in [-0.2, 0) is 0 Å². The molecule has 0 atom stereocenters. The van der Waals surface area contributed by atoms with Crippen LogP contribution in [0.4, 0.5) is 0 Å². The van der Waals surface area contributed by atoms with Crippen LogP contribution < -0.4 is 6.15 Å². The fourth-order valence-corrected chi connectivity index (χ4v) is 0.489. The van der Waals surface area contributed by atoms with E-state index in [0.29, 0.717) is 0 Å². The summed E-state index contributed by atoms with van der Waals surface area (Å²) in [5, 5.41) is 8.32. The fraction of sp³-hybridized carbons (Fsp3) is 0. The van der Waals surface area contributed by atoms with Crippen LogP contribution in [0.15, 0.2) is 24.4 Å². The van der Waals surface area contributed by atoms with Gasteiger partial charge in [0.1, 0.15) is 5.69 Å². The molecule has 0 radical (unpaired) electrons. The van der Waals surface area contributed by atoms with Crippen molar-refractivity contribution >= 4 is 18.4 Å². The summed E-state index contributed by atoms with van der Waals surface area (Å²) in [6, 6.07) is 4.76. The van der Waals surface area contributed by atoms with E-state index in [1.54, 1.807) is 12.1 Å². The van der Waals surface area contributed by atoms with Gasteiger partial charge in [0.2, 0.25) is 0 Å². The van der Waals surface area contributed by atoms with E-state index in [-0.39, 0.29) is 24.3 Å². The normalized spacial score (nSPS) is 7.27. The maximum Gasteiger partial charge on any atom is 0.354 e. The molecular weight excluding hydrogens is 168 g/mol.